The van der Waals surface area contributed by atoms with E-state index in [0.717, 1.165) is 22.4 Å². The molecule has 0 saturated carbocycles. The first-order chi connectivity index (χ1) is 9.45. The molecule has 2 aromatic carbocycles. The molecule has 20 heavy (non-hydrogen) atoms. The lowest BCUT2D eigenvalue weighted by Gasteiger charge is -2.16. The Morgan fingerprint density at radius 2 is 1.65 bits per heavy atom. The number of ether oxygens (including phenoxy) is 1. The first-order valence-electron chi connectivity index (χ1n) is 6.50. The minimum absolute atomic E-state index is 0.237. The van der Waals surface area contributed by atoms with Gasteiger partial charge in [-0.15, -0.1) is 11.6 Å². The van der Waals surface area contributed by atoms with Crippen LogP contribution in [0.5, 0.6) is 5.75 Å². The molecule has 0 N–H and O–H groups in total. The highest BCUT2D eigenvalue weighted by molar-refractivity contribution is 6.22. The predicted octanol–water partition coefficient (Wildman–Crippen LogP) is 5.09. The van der Waals surface area contributed by atoms with Crippen LogP contribution in [0.25, 0.3) is 0 Å². The minimum Gasteiger partial charge on any atom is -0.496 e. The molecular weight excluding hydrogens is 275 g/mol. The summed E-state index contributed by atoms with van der Waals surface area (Å²) < 4.78 is 19.5. The van der Waals surface area contributed by atoms with Gasteiger partial charge in [0.05, 0.1) is 12.5 Å². The molecule has 1 unspecified atom stereocenters. The van der Waals surface area contributed by atoms with E-state index in [1.165, 1.54) is 0 Å². The summed E-state index contributed by atoms with van der Waals surface area (Å²) >= 11 is 6.47. The van der Waals surface area contributed by atoms with Crippen LogP contribution in [0.1, 0.15) is 33.2 Å². The van der Waals surface area contributed by atoms with Crippen molar-refractivity contribution in [2.75, 3.05) is 7.11 Å². The van der Waals surface area contributed by atoms with Gasteiger partial charge in [-0.05, 0) is 43.0 Å². The van der Waals surface area contributed by atoms with Gasteiger partial charge in [-0.1, -0.05) is 30.3 Å². The Hall–Kier alpha value is -1.54. The lowest BCUT2D eigenvalue weighted by Crippen LogP contribution is -2.01. The third-order valence-corrected chi connectivity index (χ3v) is 3.96. The summed E-state index contributed by atoms with van der Waals surface area (Å²) in [6.45, 7) is 5.67. The third kappa shape index (κ3) is 2.66. The van der Waals surface area contributed by atoms with Crippen molar-refractivity contribution < 1.29 is 9.13 Å². The number of aryl methyl sites for hydroxylation is 3. The average Bonchev–Trinajstić information content (AvgIpc) is 2.41. The highest BCUT2D eigenvalue weighted by atomic mass is 35.5. The maximum atomic E-state index is 14.2. The van der Waals surface area contributed by atoms with Crippen molar-refractivity contribution in [1.82, 2.24) is 0 Å². The number of hydrogen-bond donors (Lipinski definition) is 0. The Kier molecular flexibility index (Phi) is 4.34. The molecule has 0 aliphatic carbocycles. The maximum Gasteiger partial charge on any atom is 0.131 e. The topological polar surface area (TPSA) is 9.23 Å². The van der Waals surface area contributed by atoms with Crippen molar-refractivity contribution in [3.05, 3.63) is 64.0 Å². The molecule has 2 rings (SSSR count). The number of benzene rings is 2. The summed E-state index contributed by atoms with van der Waals surface area (Å²) in [5, 5.41) is -0.502. The summed E-state index contributed by atoms with van der Waals surface area (Å²) in [5.74, 6) is 0.612. The van der Waals surface area contributed by atoms with Crippen LogP contribution in [0.15, 0.2) is 30.3 Å². The summed E-state index contributed by atoms with van der Waals surface area (Å²) in [6, 6.07) is 9.20. The second kappa shape index (κ2) is 5.84. The molecular formula is C17H18ClFO. The highest BCUT2D eigenvalue weighted by Crippen LogP contribution is 2.35. The van der Waals surface area contributed by atoms with Gasteiger partial charge < -0.3 is 4.74 Å². The fraction of sp³-hybridized carbons (Fsp3) is 0.294. The van der Waals surface area contributed by atoms with Gasteiger partial charge in [-0.3, -0.25) is 0 Å². The molecule has 0 aromatic heterocycles. The van der Waals surface area contributed by atoms with Gasteiger partial charge in [0.2, 0.25) is 0 Å². The monoisotopic (exact) mass is 292 g/mol. The molecule has 0 heterocycles. The Bertz CT molecular complexity index is 614. The first kappa shape index (κ1) is 14.9. The number of halogens is 2. The first-order valence-corrected chi connectivity index (χ1v) is 6.93. The van der Waals surface area contributed by atoms with Crippen LogP contribution < -0.4 is 4.74 Å². The van der Waals surface area contributed by atoms with Crippen LogP contribution in [0, 0.1) is 26.6 Å². The van der Waals surface area contributed by atoms with E-state index in [4.69, 9.17) is 16.3 Å². The van der Waals surface area contributed by atoms with Gasteiger partial charge in [-0.25, -0.2) is 4.39 Å². The smallest absolute Gasteiger partial charge is 0.131 e. The average molecular weight is 293 g/mol. The van der Waals surface area contributed by atoms with E-state index in [0.29, 0.717) is 11.1 Å². The quantitative estimate of drug-likeness (QED) is 0.716. The van der Waals surface area contributed by atoms with E-state index in [2.05, 4.69) is 0 Å². The van der Waals surface area contributed by atoms with E-state index in [9.17, 15) is 4.39 Å². The van der Waals surface area contributed by atoms with Crippen LogP contribution >= 0.6 is 11.6 Å². The Morgan fingerprint density at radius 3 is 2.20 bits per heavy atom. The summed E-state index contributed by atoms with van der Waals surface area (Å²) in [5.41, 5.74) is 4.00. The van der Waals surface area contributed by atoms with Gasteiger partial charge in [0.1, 0.15) is 11.6 Å². The van der Waals surface area contributed by atoms with Gasteiger partial charge in [0, 0.05) is 5.56 Å². The second-order valence-electron chi connectivity index (χ2n) is 5.03. The summed E-state index contributed by atoms with van der Waals surface area (Å²) in [7, 11) is 1.65. The highest BCUT2D eigenvalue weighted by Gasteiger charge is 2.18. The molecule has 3 heteroatoms. The number of hydrogen-bond acceptors (Lipinski definition) is 1. The van der Waals surface area contributed by atoms with Crippen molar-refractivity contribution >= 4 is 11.6 Å². The minimum atomic E-state index is -0.502. The largest absolute Gasteiger partial charge is 0.496 e. The molecule has 0 fully saturated rings. The molecule has 0 radical (unpaired) electrons. The number of alkyl halides is 1. The Labute approximate surface area is 124 Å². The number of rotatable bonds is 3. The van der Waals surface area contributed by atoms with Gasteiger partial charge in [0.25, 0.3) is 0 Å². The van der Waals surface area contributed by atoms with E-state index >= 15 is 0 Å². The second-order valence-corrected chi connectivity index (χ2v) is 5.47. The van der Waals surface area contributed by atoms with Crippen molar-refractivity contribution in [1.29, 1.82) is 0 Å². The molecule has 0 spiro atoms. The SMILES string of the molecule is COc1c(C)cc(C(Cl)c2cccc(C)c2F)cc1C. The van der Waals surface area contributed by atoms with Crippen LogP contribution in [0.2, 0.25) is 0 Å². The molecule has 2 aromatic rings. The Morgan fingerprint density at radius 1 is 1.05 bits per heavy atom. The lowest BCUT2D eigenvalue weighted by molar-refractivity contribution is 0.408. The molecule has 106 valence electrons. The fourth-order valence-corrected chi connectivity index (χ4v) is 2.79. The normalized spacial score (nSPS) is 12.3. The lowest BCUT2D eigenvalue weighted by atomic mass is 9.98. The van der Waals surface area contributed by atoms with E-state index in [-0.39, 0.29) is 5.82 Å². The zero-order valence-electron chi connectivity index (χ0n) is 12.1. The molecule has 1 nitrogen and oxygen atoms in total. The van der Waals surface area contributed by atoms with Crippen LogP contribution in [-0.2, 0) is 0 Å². The zero-order valence-corrected chi connectivity index (χ0v) is 12.9. The summed E-state index contributed by atoms with van der Waals surface area (Å²) in [6.07, 6.45) is 0. The predicted molar refractivity (Wildman–Crippen MR) is 81.3 cm³/mol. The van der Waals surface area contributed by atoms with E-state index in [1.54, 1.807) is 26.2 Å². The third-order valence-electron chi connectivity index (χ3n) is 3.47. The molecule has 0 aliphatic heterocycles. The van der Waals surface area contributed by atoms with Crippen LogP contribution in [-0.4, -0.2) is 7.11 Å². The van der Waals surface area contributed by atoms with E-state index in [1.807, 2.05) is 32.0 Å². The summed E-state index contributed by atoms with van der Waals surface area (Å²) in [4.78, 5) is 0. The van der Waals surface area contributed by atoms with Crippen LogP contribution in [0.3, 0.4) is 0 Å². The molecule has 0 bridgehead atoms. The van der Waals surface area contributed by atoms with Gasteiger partial charge in [0.15, 0.2) is 0 Å². The van der Waals surface area contributed by atoms with Crippen LogP contribution in [0.4, 0.5) is 4.39 Å². The molecule has 1 atom stereocenters. The van der Waals surface area contributed by atoms with E-state index < -0.39 is 5.38 Å². The van der Waals surface area contributed by atoms with Crippen molar-refractivity contribution in [3.63, 3.8) is 0 Å². The number of methoxy groups -OCH3 is 1. The zero-order chi connectivity index (χ0) is 14.9. The van der Waals surface area contributed by atoms with Crippen molar-refractivity contribution in [2.45, 2.75) is 26.1 Å². The fourth-order valence-electron chi connectivity index (χ4n) is 2.50. The standard InChI is InChI=1S/C17H18ClFO/c1-10-6-5-7-14(16(10)19)15(18)13-8-11(2)17(20-4)12(3)9-13/h5-9,15H,1-4H3. The Balaban J connectivity index is 2.49. The van der Waals surface area contributed by atoms with Crippen molar-refractivity contribution in [2.24, 2.45) is 0 Å². The maximum absolute atomic E-state index is 14.2. The molecule has 0 saturated heterocycles. The molecule has 0 aliphatic rings. The van der Waals surface area contributed by atoms with Gasteiger partial charge >= 0.3 is 0 Å². The van der Waals surface area contributed by atoms with Crippen molar-refractivity contribution in [3.8, 4) is 5.75 Å². The van der Waals surface area contributed by atoms with Gasteiger partial charge in [-0.2, -0.15) is 0 Å². The molecule has 0 amide bonds.